The fourth-order valence-corrected chi connectivity index (χ4v) is 4.46. The Balaban J connectivity index is 0.000000945. The van der Waals surface area contributed by atoms with E-state index in [1.807, 2.05) is 68.5 Å². The summed E-state index contributed by atoms with van der Waals surface area (Å²) in [7, 11) is 0. The van der Waals surface area contributed by atoms with E-state index in [0.717, 1.165) is 11.1 Å². The third-order valence-corrected chi connectivity index (χ3v) is 6.34. The summed E-state index contributed by atoms with van der Waals surface area (Å²) in [6, 6.07) is 20.6. The number of allylic oxidation sites excluding steroid dienone is 4. The molecule has 176 valence electrons. The second-order valence-electron chi connectivity index (χ2n) is 7.09. The minimum Gasteiger partial charge on any atom is -0.477 e. The van der Waals surface area contributed by atoms with Gasteiger partial charge >= 0.3 is 5.97 Å². The number of hydrogen-bond acceptors (Lipinski definition) is 5. The maximum atomic E-state index is 11.4. The van der Waals surface area contributed by atoms with Crippen molar-refractivity contribution in [2.45, 2.75) is 18.6 Å². The number of nitrogens with zero attached hydrogens (tertiary/aromatic N) is 2. The highest BCUT2D eigenvalue weighted by Gasteiger charge is 2.31. The van der Waals surface area contributed by atoms with Crippen LogP contribution in [0, 0.1) is 0 Å². The lowest BCUT2D eigenvalue weighted by molar-refractivity contribution is 0.0697. The number of benzene rings is 2. The number of aromatic nitrogens is 2. The molecule has 6 heteroatoms. The van der Waals surface area contributed by atoms with E-state index in [9.17, 15) is 9.90 Å². The summed E-state index contributed by atoms with van der Waals surface area (Å²) in [6.07, 6.45) is 12.5. The van der Waals surface area contributed by atoms with Gasteiger partial charge in [-0.15, -0.1) is 11.8 Å². The zero-order chi connectivity index (χ0) is 24.7. The second-order valence-corrected chi connectivity index (χ2v) is 8.44. The van der Waals surface area contributed by atoms with E-state index in [-0.39, 0.29) is 5.56 Å². The van der Waals surface area contributed by atoms with E-state index in [1.54, 1.807) is 17.8 Å². The van der Waals surface area contributed by atoms with Gasteiger partial charge in [0.25, 0.3) is 0 Å². The number of thioether (sulfide) groups is 1. The molecule has 0 radical (unpaired) electrons. The molecule has 0 saturated carbocycles. The molecule has 3 rings (SSSR count). The van der Waals surface area contributed by atoms with Crippen molar-refractivity contribution in [3.63, 3.8) is 0 Å². The fraction of sp³-hybridized carbons (Fsp3) is 0.179. The van der Waals surface area contributed by atoms with Crippen molar-refractivity contribution in [1.29, 1.82) is 0 Å². The van der Waals surface area contributed by atoms with Crippen molar-refractivity contribution in [2.24, 2.45) is 0 Å². The summed E-state index contributed by atoms with van der Waals surface area (Å²) >= 11 is 1.76. The largest absolute Gasteiger partial charge is 0.477 e. The van der Waals surface area contributed by atoms with Crippen molar-refractivity contribution in [2.75, 3.05) is 17.6 Å². The van der Waals surface area contributed by atoms with Gasteiger partial charge in [0.1, 0.15) is 17.7 Å². The number of carboxylic acids is 1. The predicted molar refractivity (Wildman–Crippen MR) is 143 cm³/mol. The standard InChI is InChI=1S/C24H23N3O2S.C4H8/c1-2-3-14-24(19-10-6-4-7-11-19,20-12-8-5-9-13-20)30-16-15-26-22-21(23(28)29)17-25-18-27-22;1-3-4-2/h2-14,17-18H,1,15-16H2,(H,28,29)(H,25,26,27);3-4H,1-2H3/b14-3+;4-3-. The van der Waals surface area contributed by atoms with Crippen LogP contribution in [0.2, 0.25) is 0 Å². The van der Waals surface area contributed by atoms with Crippen molar-refractivity contribution >= 4 is 23.5 Å². The molecule has 3 aromatic rings. The number of carbonyl (C=O) groups is 1. The highest BCUT2D eigenvalue weighted by Crippen LogP contribution is 2.44. The molecule has 0 saturated heterocycles. The van der Waals surface area contributed by atoms with Gasteiger partial charge in [-0.3, -0.25) is 0 Å². The van der Waals surface area contributed by atoms with Crippen LogP contribution in [0.5, 0.6) is 0 Å². The molecule has 0 aliphatic carbocycles. The monoisotopic (exact) mass is 473 g/mol. The minimum absolute atomic E-state index is 0.0615. The van der Waals surface area contributed by atoms with Crippen molar-refractivity contribution in [3.05, 3.63) is 127 Å². The Morgan fingerprint density at radius 2 is 1.65 bits per heavy atom. The van der Waals surface area contributed by atoms with Crippen molar-refractivity contribution in [3.8, 4) is 0 Å². The number of aromatic carboxylic acids is 1. The van der Waals surface area contributed by atoms with Gasteiger partial charge in [0.2, 0.25) is 0 Å². The Bertz CT molecular complexity index is 1040. The van der Waals surface area contributed by atoms with Crippen LogP contribution in [0.15, 0.2) is 110 Å². The first-order chi connectivity index (χ1) is 16.6. The Kier molecular flexibility index (Phi) is 11.3. The van der Waals surface area contributed by atoms with Gasteiger partial charge < -0.3 is 10.4 Å². The molecule has 0 aliphatic heterocycles. The van der Waals surface area contributed by atoms with Gasteiger partial charge in [-0.05, 0) is 25.0 Å². The van der Waals surface area contributed by atoms with Gasteiger partial charge in [-0.25, -0.2) is 14.8 Å². The predicted octanol–water partition coefficient (Wildman–Crippen LogP) is 6.59. The molecule has 1 aromatic heterocycles. The number of anilines is 1. The molecular weight excluding hydrogens is 442 g/mol. The maximum absolute atomic E-state index is 11.4. The SMILES string of the molecule is C/C=C\C.C=C/C=C/C(SCCNc1ncncc1C(=O)O)(c1ccccc1)c1ccccc1. The van der Waals surface area contributed by atoms with E-state index in [2.05, 4.69) is 52.2 Å². The summed E-state index contributed by atoms with van der Waals surface area (Å²) in [5.74, 6) is -0.0127. The first kappa shape index (κ1) is 26.6. The molecule has 0 atom stereocenters. The molecule has 2 aromatic carbocycles. The highest BCUT2D eigenvalue weighted by molar-refractivity contribution is 8.00. The molecule has 0 aliphatic rings. The Hall–Kier alpha value is -3.64. The topological polar surface area (TPSA) is 75.1 Å². The smallest absolute Gasteiger partial charge is 0.341 e. The molecule has 0 unspecified atom stereocenters. The van der Waals surface area contributed by atoms with Crippen LogP contribution >= 0.6 is 11.8 Å². The third-order valence-electron chi connectivity index (χ3n) is 4.87. The van der Waals surface area contributed by atoms with Gasteiger partial charge in [0.15, 0.2) is 0 Å². The molecule has 34 heavy (non-hydrogen) atoms. The Labute approximate surface area is 206 Å². The van der Waals surface area contributed by atoms with E-state index in [4.69, 9.17) is 0 Å². The lowest BCUT2D eigenvalue weighted by atomic mass is 9.89. The fourth-order valence-electron chi connectivity index (χ4n) is 3.16. The summed E-state index contributed by atoms with van der Waals surface area (Å²) in [6.45, 7) is 8.38. The van der Waals surface area contributed by atoms with E-state index in [1.165, 1.54) is 12.5 Å². The Morgan fingerprint density at radius 1 is 1.06 bits per heavy atom. The summed E-state index contributed by atoms with van der Waals surface area (Å²) < 4.78 is -0.403. The maximum Gasteiger partial charge on any atom is 0.341 e. The van der Waals surface area contributed by atoms with Crippen molar-refractivity contribution in [1.82, 2.24) is 9.97 Å². The highest BCUT2D eigenvalue weighted by atomic mass is 32.2. The normalized spacial score (nSPS) is 11.1. The van der Waals surface area contributed by atoms with Crippen LogP contribution in [0.4, 0.5) is 5.82 Å². The lowest BCUT2D eigenvalue weighted by Gasteiger charge is -2.32. The molecule has 1 heterocycles. The van der Waals surface area contributed by atoms with Gasteiger partial charge in [-0.2, -0.15) is 0 Å². The molecular formula is C28H31N3O2S. The van der Waals surface area contributed by atoms with Crippen LogP contribution in [0.25, 0.3) is 0 Å². The first-order valence-corrected chi connectivity index (χ1v) is 12.0. The quantitative estimate of drug-likeness (QED) is 0.197. The molecule has 0 fully saturated rings. The molecule has 2 N–H and O–H groups in total. The molecule has 0 amide bonds. The zero-order valence-electron chi connectivity index (χ0n) is 19.6. The first-order valence-electron chi connectivity index (χ1n) is 11.0. The van der Waals surface area contributed by atoms with Crippen LogP contribution in [-0.2, 0) is 4.75 Å². The second kappa shape index (κ2) is 14.5. The molecule has 0 spiro atoms. The van der Waals surface area contributed by atoms with E-state index < -0.39 is 10.7 Å². The minimum atomic E-state index is -1.05. The van der Waals surface area contributed by atoms with E-state index in [0.29, 0.717) is 18.1 Å². The third kappa shape index (κ3) is 7.46. The Morgan fingerprint density at radius 3 is 2.15 bits per heavy atom. The average Bonchev–Trinajstić information content (AvgIpc) is 2.90. The molecule has 0 bridgehead atoms. The molecule has 5 nitrogen and oxygen atoms in total. The van der Waals surface area contributed by atoms with Crippen LogP contribution in [0.3, 0.4) is 0 Å². The van der Waals surface area contributed by atoms with Gasteiger partial charge in [0, 0.05) is 18.5 Å². The number of carboxylic acid groups (broad SMARTS) is 1. The summed E-state index contributed by atoms with van der Waals surface area (Å²) in [4.78, 5) is 19.2. The van der Waals surface area contributed by atoms with Crippen LogP contribution < -0.4 is 5.32 Å². The van der Waals surface area contributed by atoms with Crippen LogP contribution in [0.1, 0.15) is 35.3 Å². The van der Waals surface area contributed by atoms with E-state index >= 15 is 0 Å². The van der Waals surface area contributed by atoms with Crippen LogP contribution in [-0.4, -0.2) is 33.3 Å². The number of hydrogen-bond donors (Lipinski definition) is 2. The summed E-state index contributed by atoms with van der Waals surface area (Å²) in [5, 5.41) is 12.4. The van der Waals surface area contributed by atoms with Gasteiger partial charge in [-0.1, -0.05) is 97.6 Å². The van der Waals surface area contributed by atoms with Gasteiger partial charge in [0.05, 0.1) is 4.75 Å². The summed E-state index contributed by atoms with van der Waals surface area (Å²) in [5.41, 5.74) is 2.38. The van der Waals surface area contributed by atoms with Crippen molar-refractivity contribution < 1.29 is 9.90 Å². The average molecular weight is 474 g/mol. The number of nitrogens with one attached hydrogen (secondary N) is 1. The lowest BCUT2D eigenvalue weighted by Crippen LogP contribution is -2.23. The number of rotatable bonds is 10. The zero-order valence-corrected chi connectivity index (χ0v) is 20.4.